The highest BCUT2D eigenvalue weighted by atomic mass is 16.3. The maximum atomic E-state index is 9.75. The summed E-state index contributed by atoms with van der Waals surface area (Å²) in [5.74, 6) is 0.599. The lowest BCUT2D eigenvalue weighted by molar-refractivity contribution is 0.310. The first-order chi connectivity index (χ1) is 9.17. The fourth-order valence-corrected chi connectivity index (χ4v) is 3.11. The molecule has 0 aliphatic carbocycles. The van der Waals surface area contributed by atoms with Crippen molar-refractivity contribution in [2.24, 2.45) is 5.92 Å². The molecule has 0 saturated carbocycles. The molecule has 19 heavy (non-hydrogen) atoms. The number of aromatic hydroxyl groups is 2. The summed E-state index contributed by atoms with van der Waals surface area (Å²) in [6, 6.07) is 3.79. The highest BCUT2D eigenvalue weighted by Crippen LogP contribution is 2.38. The summed E-state index contributed by atoms with van der Waals surface area (Å²) in [4.78, 5) is 0. The molecule has 1 aromatic rings. The standard InChI is InChI=1S/C16H25NO2/c1-3-5-6-11(4-2)16-13-10-15(19)14(18)9-12(13)7-8-17-16/h9-11,16-19H,3-8H2,1-2H3. The quantitative estimate of drug-likeness (QED) is 0.713. The molecule has 0 aromatic heterocycles. The van der Waals surface area contributed by atoms with Crippen LogP contribution in [0.1, 0.15) is 56.7 Å². The number of hydrogen-bond donors (Lipinski definition) is 3. The number of fused-ring (bicyclic) bond motifs is 1. The third kappa shape index (κ3) is 3.03. The van der Waals surface area contributed by atoms with E-state index in [1.165, 1.54) is 30.4 Å². The van der Waals surface area contributed by atoms with Gasteiger partial charge in [0.25, 0.3) is 0 Å². The zero-order chi connectivity index (χ0) is 13.8. The van der Waals surface area contributed by atoms with E-state index in [2.05, 4.69) is 19.2 Å². The molecular weight excluding hydrogens is 238 g/mol. The molecule has 1 aliphatic heterocycles. The van der Waals surface area contributed by atoms with Crippen LogP contribution in [0.25, 0.3) is 0 Å². The van der Waals surface area contributed by atoms with Gasteiger partial charge in [0.1, 0.15) is 0 Å². The smallest absolute Gasteiger partial charge is 0.157 e. The Kier molecular flexibility index (Phi) is 4.70. The molecule has 3 nitrogen and oxygen atoms in total. The van der Waals surface area contributed by atoms with Crippen molar-refractivity contribution < 1.29 is 10.2 Å². The van der Waals surface area contributed by atoms with Crippen molar-refractivity contribution in [2.75, 3.05) is 6.54 Å². The normalized spacial score (nSPS) is 20.0. The molecule has 1 heterocycles. The van der Waals surface area contributed by atoms with E-state index < -0.39 is 0 Å². The molecule has 2 rings (SSSR count). The minimum atomic E-state index is -0.00204. The van der Waals surface area contributed by atoms with Gasteiger partial charge in [0.05, 0.1) is 0 Å². The molecular formula is C16H25NO2. The Morgan fingerprint density at radius 1 is 1.26 bits per heavy atom. The summed E-state index contributed by atoms with van der Waals surface area (Å²) in [5.41, 5.74) is 2.35. The minimum Gasteiger partial charge on any atom is -0.504 e. The van der Waals surface area contributed by atoms with Crippen molar-refractivity contribution in [3.8, 4) is 11.5 Å². The van der Waals surface area contributed by atoms with Crippen LogP contribution in [0.5, 0.6) is 11.5 Å². The number of rotatable bonds is 5. The third-order valence-corrected chi connectivity index (χ3v) is 4.25. The van der Waals surface area contributed by atoms with Crippen LogP contribution in [-0.4, -0.2) is 16.8 Å². The number of benzene rings is 1. The van der Waals surface area contributed by atoms with E-state index in [1.807, 2.05) is 0 Å². The second-order valence-corrected chi connectivity index (χ2v) is 5.53. The van der Waals surface area contributed by atoms with Crippen LogP contribution in [0.15, 0.2) is 12.1 Å². The SMILES string of the molecule is CCCCC(CC)C1NCCc2cc(O)c(O)cc21. The number of hydrogen-bond acceptors (Lipinski definition) is 3. The molecule has 3 heteroatoms. The molecule has 2 unspecified atom stereocenters. The van der Waals surface area contributed by atoms with Crippen molar-refractivity contribution in [3.05, 3.63) is 23.3 Å². The Balaban J connectivity index is 2.27. The Bertz CT molecular complexity index is 431. The first kappa shape index (κ1) is 14.2. The van der Waals surface area contributed by atoms with Crippen LogP contribution in [0.3, 0.4) is 0 Å². The van der Waals surface area contributed by atoms with E-state index in [9.17, 15) is 10.2 Å². The van der Waals surface area contributed by atoms with Gasteiger partial charge < -0.3 is 15.5 Å². The predicted molar refractivity (Wildman–Crippen MR) is 77.5 cm³/mol. The van der Waals surface area contributed by atoms with Crippen molar-refractivity contribution in [3.63, 3.8) is 0 Å². The molecule has 1 aromatic carbocycles. The number of phenolic OH excluding ortho intramolecular Hbond substituents is 2. The molecule has 1 aliphatic rings. The summed E-state index contributed by atoms with van der Waals surface area (Å²) in [5, 5.41) is 23.0. The Hall–Kier alpha value is -1.22. The van der Waals surface area contributed by atoms with Gasteiger partial charge in [0.2, 0.25) is 0 Å². The van der Waals surface area contributed by atoms with Gasteiger partial charge in [-0.05, 0) is 48.6 Å². The lowest BCUT2D eigenvalue weighted by Crippen LogP contribution is -2.34. The van der Waals surface area contributed by atoms with E-state index in [1.54, 1.807) is 12.1 Å². The fourth-order valence-electron chi connectivity index (χ4n) is 3.11. The van der Waals surface area contributed by atoms with Crippen LogP contribution >= 0.6 is 0 Å². The van der Waals surface area contributed by atoms with Crippen LogP contribution in [0.4, 0.5) is 0 Å². The van der Waals surface area contributed by atoms with Gasteiger partial charge in [-0.2, -0.15) is 0 Å². The average molecular weight is 263 g/mol. The zero-order valence-electron chi connectivity index (χ0n) is 11.9. The summed E-state index contributed by atoms with van der Waals surface area (Å²) in [7, 11) is 0. The second kappa shape index (κ2) is 6.29. The molecule has 3 N–H and O–H groups in total. The van der Waals surface area contributed by atoms with Crippen molar-refractivity contribution in [2.45, 2.75) is 52.0 Å². The highest BCUT2D eigenvalue weighted by molar-refractivity contribution is 5.47. The van der Waals surface area contributed by atoms with E-state index in [0.717, 1.165) is 19.4 Å². The van der Waals surface area contributed by atoms with Crippen LogP contribution in [-0.2, 0) is 6.42 Å². The first-order valence-electron chi connectivity index (χ1n) is 7.45. The highest BCUT2D eigenvalue weighted by Gasteiger charge is 2.27. The molecule has 0 fully saturated rings. The number of unbranched alkanes of at least 4 members (excludes halogenated alkanes) is 1. The Morgan fingerprint density at radius 2 is 2.00 bits per heavy atom. The van der Waals surface area contributed by atoms with Crippen LogP contribution in [0, 0.1) is 5.92 Å². The average Bonchev–Trinajstić information content (AvgIpc) is 2.41. The van der Waals surface area contributed by atoms with Crippen molar-refractivity contribution in [1.82, 2.24) is 5.32 Å². The Labute approximate surface area is 115 Å². The van der Waals surface area contributed by atoms with Crippen molar-refractivity contribution in [1.29, 1.82) is 0 Å². The first-order valence-corrected chi connectivity index (χ1v) is 7.45. The molecule has 0 spiro atoms. The van der Waals surface area contributed by atoms with Gasteiger partial charge in [-0.15, -0.1) is 0 Å². The monoisotopic (exact) mass is 263 g/mol. The minimum absolute atomic E-state index is 0.000932. The Morgan fingerprint density at radius 3 is 2.68 bits per heavy atom. The lowest BCUT2D eigenvalue weighted by atomic mass is 9.82. The summed E-state index contributed by atoms with van der Waals surface area (Å²) >= 11 is 0. The molecule has 106 valence electrons. The molecule has 0 bridgehead atoms. The third-order valence-electron chi connectivity index (χ3n) is 4.25. The largest absolute Gasteiger partial charge is 0.504 e. The maximum absolute atomic E-state index is 9.75. The second-order valence-electron chi connectivity index (χ2n) is 5.53. The van der Waals surface area contributed by atoms with Gasteiger partial charge in [-0.3, -0.25) is 0 Å². The van der Waals surface area contributed by atoms with Crippen molar-refractivity contribution >= 4 is 0 Å². The molecule has 2 atom stereocenters. The predicted octanol–water partition coefficient (Wildman–Crippen LogP) is 3.50. The maximum Gasteiger partial charge on any atom is 0.157 e. The van der Waals surface area contributed by atoms with E-state index in [0.29, 0.717) is 12.0 Å². The topological polar surface area (TPSA) is 52.5 Å². The molecule has 0 saturated heterocycles. The van der Waals surface area contributed by atoms with Crippen LogP contribution < -0.4 is 5.32 Å². The molecule has 0 amide bonds. The zero-order valence-corrected chi connectivity index (χ0v) is 11.9. The molecule has 0 radical (unpaired) electrons. The summed E-state index contributed by atoms with van der Waals surface area (Å²) < 4.78 is 0. The van der Waals surface area contributed by atoms with Gasteiger partial charge in [-0.25, -0.2) is 0 Å². The van der Waals surface area contributed by atoms with E-state index in [-0.39, 0.29) is 11.5 Å². The fraction of sp³-hybridized carbons (Fsp3) is 0.625. The van der Waals surface area contributed by atoms with Gasteiger partial charge in [0.15, 0.2) is 11.5 Å². The number of phenols is 2. The summed E-state index contributed by atoms with van der Waals surface area (Å²) in [6.45, 7) is 5.40. The van der Waals surface area contributed by atoms with Gasteiger partial charge in [-0.1, -0.05) is 33.1 Å². The summed E-state index contributed by atoms with van der Waals surface area (Å²) in [6.07, 6.45) is 5.74. The lowest BCUT2D eigenvalue weighted by Gasteiger charge is -2.33. The van der Waals surface area contributed by atoms with E-state index in [4.69, 9.17) is 0 Å². The van der Waals surface area contributed by atoms with Gasteiger partial charge >= 0.3 is 0 Å². The number of nitrogens with one attached hydrogen (secondary N) is 1. The van der Waals surface area contributed by atoms with Crippen LogP contribution in [0.2, 0.25) is 0 Å². The van der Waals surface area contributed by atoms with E-state index >= 15 is 0 Å². The van der Waals surface area contributed by atoms with Gasteiger partial charge in [0, 0.05) is 6.04 Å².